The molecule has 1 aliphatic heterocycles. The fourth-order valence-electron chi connectivity index (χ4n) is 4.31. The van der Waals surface area contributed by atoms with E-state index in [-0.39, 0.29) is 17.9 Å². The van der Waals surface area contributed by atoms with Crippen LogP contribution in [0.1, 0.15) is 49.4 Å². The van der Waals surface area contributed by atoms with Crippen LogP contribution in [0, 0.1) is 19.8 Å². The van der Waals surface area contributed by atoms with Gasteiger partial charge in [-0.1, -0.05) is 19.9 Å². The molecule has 0 spiro atoms. The molecule has 32 heavy (non-hydrogen) atoms. The van der Waals surface area contributed by atoms with Crippen LogP contribution in [-0.2, 0) is 14.8 Å². The summed E-state index contributed by atoms with van der Waals surface area (Å²) >= 11 is 1.67. The van der Waals surface area contributed by atoms with Gasteiger partial charge >= 0.3 is 0 Å². The number of carbonyl (C=O) groups is 1. The smallest absolute Gasteiger partial charge is 0.243 e. The van der Waals surface area contributed by atoms with Gasteiger partial charge in [0.05, 0.1) is 10.9 Å². The number of piperidine rings is 1. The molecule has 1 aromatic carbocycles. The molecule has 176 valence electrons. The molecule has 1 fully saturated rings. The van der Waals surface area contributed by atoms with Gasteiger partial charge in [0.15, 0.2) is 0 Å². The van der Waals surface area contributed by atoms with Crippen LogP contribution >= 0.6 is 11.3 Å². The Kier molecular flexibility index (Phi) is 8.49. The molecule has 3 rings (SSSR count). The molecule has 1 amide bonds. The summed E-state index contributed by atoms with van der Waals surface area (Å²) in [7, 11) is -3.53. The Bertz CT molecular complexity index is 994. The van der Waals surface area contributed by atoms with Crippen molar-refractivity contribution in [1.29, 1.82) is 0 Å². The molecule has 0 aliphatic carbocycles. The molecule has 1 N–H and O–H groups in total. The summed E-state index contributed by atoms with van der Waals surface area (Å²) in [6, 6.07) is 7.54. The molecule has 0 bridgehead atoms. The number of nitrogens with one attached hydrogen (secondary N) is 1. The summed E-state index contributed by atoms with van der Waals surface area (Å²) in [5.41, 5.74) is 3.27. The number of hydrogen-bond donors (Lipinski definition) is 1. The zero-order valence-electron chi connectivity index (χ0n) is 19.5. The van der Waals surface area contributed by atoms with Crippen molar-refractivity contribution in [2.24, 2.45) is 5.92 Å². The Labute approximate surface area is 196 Å². The number of carbonyl (C=O) groups excluding carboxylic acids is 1. The van der Waals surface area contributed by atoms with E-state index in [2.05, 4.69) is 40.9 Å². The Morgan fingerprint density at radius 2 is 1.84 bits per heavy atom. The molecule has 0 saturated carbocycles. The van der Waals surface area contributed by atoms with E-state index in [9.17, 15) is 13.2 Å². The van der Waals surface area contributed by atoms with Crippen LogP contribution in [0.25, 0.3) is 0 Å². The van der Waals surface area contributed by atoms with Crippen molar-refractivity contribution < 1.29 is 13.2 Å². The summed E-state index contributed by atoms with van der Waals surface area (Å²) in [4.78, 5) is 15.6. The highest BCUT2D eigenvalue weighted by Gasteiger charge is 2.32. The maximum absolute atomic E-state index is 13.0. The number of amides is 1. The van der Waals surface area contributed by atoms with Gasteiger partial charge in [0.2, 0.25) is 15.9 Å². The molecular formula is C24H35N3O3S2. The Hall–Kier alpha value is -1.74. The second kappa shape index (κ2) is 10.9. The second-order valence-electron chi connectivity index (χ2n) is 8.46. The molecule has 1 unspecified atom stereocenters. The number of hydrogen-bond acceptors (Lipinski definition) is 5. The first kappa shape index (κ1) is 24.9. The monoisotopic (exact) mass is 477 g/mol. The lowest BCUT2D eigenvalue weighted by Crippen LogP contribution is -2.45. The number of benzene rings is 1. The summed E-state index contributed by atoms with van der Waals surface area (Å²) < 4.78 is 27.6. The van der Waals surface area contributed by atoms with Crippen LogP contribution in [-0.4, -0.2) is 56.3 Å². The first-order chi connectivity index (χ1) is 15.3. The summed E-state index contributed by atoms with van der Waals surface area (Å²) in [6.07, 6.45) is 1.09. The van der Waals surface area contributed by atoms with Crippen molar-refractivity contribution in [3.05, 3.63) is 51.7 Å². The number of sulfonamides is 1. The maximum Gasteiger partial charge on any atom is 0.243 e. The first-order valence-electron chi connectivity index (χ1n) is 11.4. The zero-order valence-corrected chi connectivity index (χ0v) is 21.1. The molecule has 1 aromatic heterocycles. The lowest BCUT2D eigenvalue weighted by Gasteiger charge is -2.32. The number of likely N-dealkylation sites (N-methyl/N-ethyl adjacent to an activating group) is 1. The minimum absolute atomic E-state index is 0.0283. The predicted octanol–water partition coefficient (Wildman–Crippen LogP) is 3.96. The van der Waals surface area contributed by atoms with Crippen molar-refractivity contribution in [1.82, 2.24) is 14.5 Å². The SMILES string of the molecule is CCN(CC)C(CNC(=O)C1CCN(S(=O)(=O)c2ccc(C)c(C)c2)CC1)c1ccsc1. The Balaban J connectivity index is 1.58. The summed E-state index contributed by atoms with van der Waals surface area (Å²) in [5.74, 6) is -0.123. The molecular weight excluding hydrogens is 442 g/mol. The van der Waals surface area contributed by atoms with Crippen molar-refractivity contribution in [2.75, 3.05) is 32.7 Å². The van der Waals surface area contributed by atoms with E-state index in [0.29, 0.717) is 37.4 Å². The van der Waals surface area contributed by atoms with Gasteiger partial charge in [0.25, 0.3) is 0 Å². The van der Waals surface area contributed by atoms with Gasteiger partial charge in [-0.2, -0.15) is 15.6 Å². The van der Waals surface area contributed by atoms with Crippen LogP contribution in [0.4, 0.5) is 0 Å². The van der Waals surface area contributed by atoms with Crippen LogP contribution in [0.3, 0.4) is 0 Å². The maximum atomic E-state index is 13.0. The highest BCUT2D eigenvalue weighted by atomic mass is 32.2. The van der Waals surface area contributed by atoms with Crippen molar-refractivity contribution in [2.45, 2.75) is 51.5 Å². The average Bonchev–Trinajstić information content (AvgIpc) is 3.33. The fourth-order valence-corrected chi connectivity index (χ4v) is 6.57. The third-order valence-electron chi connectivity index (χ3n) is 6.59. The van der Waals surface area contributed by atoms with Crippen LogP contribution in [0.15, 0.2) is 39.9 Å². The third kappa shape index (κ3) is 5.60. The molecule has 8 heteroatoms. The Morgan fingerprint density at radius 1 is 1.16 bits per heavy atom. The van der Waals surface area contributed by atoms with E-state index < -0.39 is 10.0 Å². The van der Waals surface area contributed by atoms with Crippen molar-refractivity contribution in [3.63, 3.8) is 0 Å². The number of thiophene rings is 1. The molecule has 1 atom stereocenters. The van der Waals surface area contributed by atoms with E-state index in [1.165, 1.54) is 9.87 Å². The van der Waals surface area contributed by atoms with E-state index in [1.54, 1.807) is 23.5 Å². The highest BCUT2D eigenvalue weighted by Crippen LogP contribution is 2.26. The van der Waals surface area contributed by atoms with Crippen LogP contribution in [0.2, 0.25) is 0 Å². The van der Waals surface area contributed by atoms with Gasteiger partial charge in [-0.05, 0) is 85.4 Å². The van der Waals surface area contributed by atoms with Gasteiger partial charge in [-0.25, -0.2) is 8.42 Å². The minimum Gasteiger partial charge on any atom is -0.354 e. The van der Waals surface area contributed by atoms with Gasteiger partial charge in [-0.3, -0.25) is 9.69 Å². The van der Waals surface area contributed by atoms with Crippen molar-refractivity contribution in [3.8, 4) is 0 Å². The van der Waals surface area contributed by atoms with E-state index >= 15 is 0 Å². The van der Waals surface area contributed by atoms with E-state index in [4.69, 9.17) is 0 Å². The fraction of sp³-hybridized carbons (Fsp3) is 0.542. The standard InChI is InChI=1S/C24H35N3O3S2/c1-5-26(6-2)23(21-11-14-31-17-21)16-25-24(28)20-9-12-27(13-10-20)32(29,30)22-8-7-18(3)19(4)15-22/h7-8,11,14-15,17,20,23H,5-6,9-10,12-13,16H2,1-4H3,(H,25,28). The van der Waals surface area contributed by atoms with Gasteiger partial charge in [-0.15, -0.1) is 0 Å². The van der Waals surface area contributed by atoms with E-state index in [1.807, 2.05) is 19.9 Å². The van der Waals surface area contributed by atoms with Crippen LogP contribution in [0.5, 0.6) is 0 Å². The third-order valence-corrected chi connectivity index (χ3v) is 9.19. The number of aryl methyl sites for hydroxylation is 2. The van der Waals surface area contributed by atoms with Gasteiger partial charge in [0.1, 0.15) is 0 Å². The summed E-state index contributed by atoms with van der Waals surface area (Å²) in [6.45, 7) is 11.3. The second-order valence-corrected chi connectivity index (χ2v) is 11.2. The molecule has 1 saturated heterocycles. The lowest BCUT2D eigenvalue weighted by molar-refractivity contribution is -0.126. The molecule has 1 aliphatic rings. The largest absolute Gasteiger partial charge is 0.354 e. The van der Waals surface area contributed by atoms with Crippen LogP contribution < -0.4 is 5.32 Å². The van der Waals surface area contributed by atoms with Gasteiger partial charge in [0, 0.05) is 25.6 Å². The molecule has 6 nitrogen and oxygen atoms in total. The predicted molar refractivity (Wildman–Crippen MR) is 130 cm³/mol. The highest BCUT2D eigenvalue weighted by molar-refractivity contribution is 7.89. The topological polar surface area (TPSA) is 69.7 Å². The molecule has 2 heterocycles. The van der Waals surface area contributed by atoms with Gasteiger partial charge < -0.3 is 5.32 Å². The average molecular weight is 478 g/mol. The Morgan fingerprint density at radius 3 is 2.41 bits per heavy atom. The molecule has 0 radical (unpaired) electrons. The van der Waals surface area contributed by atoms with Crippen molar-refractivity contribution >= 4 is 27.3 Å². The minimum atomic E-state index is -3.53. The lowest BCUT2D eigenvalue weighted by atomic mass is 9.97. The summed E-state index contributed by atoms with van der Waals surface area (Å²) in [5, 5.41) is 7.36. The quantitative estimate of drug-likeness (QED) is 0.593. The molecule has 2 aromatic rings. The van der Waals surface area contributed by atoms with E-state index in [0.717, 1.165) is 24.2 Å². The number of nitrogens with zero attached hydrogens (tertiary/aromatic N) is 2. The normalized spacial score (nSPS) is 16.9. The first-order valence-corrected chi connectivity index (χ1v) is 13.8. The number of rotatable bonds is 9. The zero-order chi connectivity index (χ0) is 23.3.